The molecule has 2 heterocycles. The topological polar surface area (TPSA) is 80.6 Å². The largest absolute Gasteiger partial charge is 0.309 e. The molecule has 6 nitrogen and oxygen atoms in total. The molecule has 0 radical (unpaired) electrons. The fraction of sp³-hybridized carbons (Fsp3) is 0.280. The van der Waals surface area contributed by atoms with Crippen molar-refractivity contribution in [1.82, 2.24) is 19.5 Å². The molecule has 5 rings (SSSR count). The molecule has 0 spiro atoms. The van der Waals surface area contributed by atoms with Gasteiger partial charge in [0.25, 0.3) is 11.1 Å². The molecule has 1 aliphatic carbocycles. The monoisotopic (exact) mass is 444 g/mol. The highest BCUT2D eigenvalue weighted by Gasteiger charge is 2.14. The summed E-state index contributed by atoms with van der Waals surface area (Å²) < 4.78 is 1.78. The van der Waals surface area contributed by atoms with Gasteiger partial charge in [0, 0.05) is 6.54 Å². The van der Waals surface area contributed by atoms with E-state index in [9.17, 15) is 9.59 Å². The van der Waals surface area contributed by atoms with Crippen LogP contribution in [0.2, 0.25) is 0 Å². The number of thioether (sulfide) groups is 1. The molecule has 0 unspecified atom stereocenters. The van der Waals surface area contributed by atoms with Crippen LogP contribution < -0.4 is 11.1 Å². The predicted octanol–water partition coefficient (Wildman–Crippen LogP) is 4.82. The minimum atomic E-state index is -0.153. The highest BCUT2D eigenvalue weighted by molar-refractivity contribution is 7.98. The summed E-state index contributed by atoms with van der Waals surface area (Å²) in [6.07, 6.45) is 7.89. The fourth-order valence-corrected chi connectivity index (χ4v) is 5.07. The van der Waals surface area contributed by atoms with Crippen LogP contribution in [0.25, 0.3) is 21.8 Å². The molecule has 32 heavy (non-hydrogen) atoms. The van der Waals surface area contributed by atoms with Crippen molar-refractivity contribution in [2.75, 3.05) is 0 Å². The minimum absolute atomic E-state index is 0.0190. The van der Waals surface area contributed by atoms with Gasteiger partial charge in [-0.15, -0.1) is 0 Å². The summed E-state index contributed by atoms with van der Waals surface area (Å²) in [5.41, 5.74) is 2.61. The van der Waals surface area contributed by atoms with Crippen molar-refractivity contribution in [2.45, 2.75) is 49.6 Å². The molecular weight excluding hydrogens is 420 g/mol. The first-order valence-corrected chi connectivity index (χ1v) is 12.0. The lowest BCUT2D eigenvalue weighted by Gasteiger charge is -2.16. The predicted molar refractivity (Wildman–Crippen MR) is 129 cm³/mol. The number of benzene rings is 2. The van der Waals surface area contributed by atoms with E-state index in [1.165, 1.54) is 30.2 Å². The smallest absolute Gasteiger partial charge is 0.262 e. The summed E-state index contributed by atoms with van der Waals surface area (Å²) in [5.74, 6) is 0.996. The highest BCUT2D eigenvalue weighted by atomic mass is 32.2. The number of fused-ring (bicyclic) bond motifs is 2. The minimum Gasteiger partial charge on any atom is -0.309 e. The number of nitrogens with one attached hydrogen (secondary N) is 1. The van der Waals surface area contributed by atoms with Gasteiger partial charge in [0.1, 0.15) is 5.82 Å². The Morgan fingerprint density at radius 2 is 1.69 bits per heavy atom. The number of hydrogen-bond acceptors (Lipinski definition) is 5. The lowest BCUT2D eigenvalue weighted by atomic mass is 9.97. The van der Waals surface area contributed by atoms with E-state index in [4.69, 9.17) is 4.98 Å². The van der Waals surface area contributed by atoms with Crippen molar-refractivity contribution in [3.05, 3.63) is 86.7 Å². The molecule has 0 atom stereocenters. The molecule has 2 aromatic heterocycles. The summed E-state index contributed by atoms with van der Waals surface area (Å²) in [4.78, 5) is 37.9. The lowest BCUT2D eigenvalue weighted by Crippen LogP contribution is -2.24. The number of aromatic nitrogens is 4. The molecule has 2 aromatic carbocycles. The summed E-state index contributed by atoms with van der Waals surface area (Å²) in [6, 6.07) is 14.8. The third-order valence-electron chi connectivity index (χ3n) is 5.87. The summed E-state index contributed by atoms with van der Waals surface area (Å²) in [5, 5.41) is 1.86. The quantitative estimate of drug-likeness (QED) is 0.262. The van der Waals surface area contributed by atoms with E-state index < -0.39 is 0 Å². The Kier molecular flexibility index (Phi) is 5.90. The van der Waals surface area contributed by atoms with Crippen LogP contribution in [0.1, 0.15) is 37.9 Å². The molecule has 0 bridgehead atoms. The molecule has 0 amide bonds. The van der Waals surface area contributed by atoms with Gasteiger partial charge in [-0.2, -0.15) is 0 Å². The van der Waals surface area contributed by atoms with Gasteiger partial charge in [0.05, 0.1) is 27.6 Å². The van der Waals surface area contributed by atoms with Crippen molar-refractivity contribution >= 4 is 33.6 Å². The van der Waals surface area contributed by atoms with E-state index in [1.807, 2.05) is 42.5 Å². The Labute approximate surface area is 189 Å². The van der Waals surface area contributed by atoms with Crippen LogP contribution in [0.3, 0.4) is 0 Å². The van der Waals surface area contributed by atoms with Crippen molar-refractivity contribution < 1.29 is 0 Å². The standard InChI is InChI=1S/C25H24N4O2S/c30-23-18-10-4-6-12-20(18)26-22(28-23)16-32-25-27-21-13-7-5-11-19(21)24(31)29(25)15-14-17-8-2-1-3-9-17/h4-8,10-13H,1-3,9,14-16H2,(H,26,28,30). The highest BCUT2D eigenvalue weighted by Crippen LogP contribution is 2.24. The van der Waals surface area contributed by atoms with Crippen molar-refractivity contribution in [2.24, 2.45) is 0 Å². The molecular formula is C25H24N4O2S. The maximum Gasteiger partial charge on any atom is 0.262 e. The maximum absolute atomic E-state index is 13.3. The number of H-pyrrole nitrogens is 1. The van der Waals surface area contributed by atoms with Gasteiger partial charge in [-0.1, -0.05) is 47.7 Å². The van der Waals surface area contributed by atoms with Crippen LogP contribution in [0.5, 0.6) is 0 Å². The van der Waals surface area contributed by atoms with Gasteiger partial charge in [-0.05, 0) is 56.4 Å². The molecule has 0 saturated heterocycles. The molecule has 0 saturated carbocycles. The second-order valence-corrected chi connectivity index (χ2v) is 8.99. The molecule has 1 aliphatic rings. The Balaban J connectivity index is 1.47. The average molecular weight is 445 g/mol. The van der Waals surface area contributed by atoms with E-state index in [2.05, 4.69) is 16.0 Å². The van der Waals surface area contributed by atoms with Crippen molar-refractivity contribution in [1.29, 1.82) is 0 Å². The van der Waals surface area contributed by atoms with Gasteiger partial charge in [-0.3, -0.25) is 14.2 Å². The van der Waals surface area contributed by atoms with E-state index in [0.29, 0.717) is 45.1 Å². The first kappa shape index (κ1) is 20.7. The van der Waals surface area contributed by atoms with Crippen molar-refractivity contribution in [3.8, 4) is 0 Å². The third kappa shape index (κ3) is 4.25. The number of para-hydroxylation sites is 2. The summed E-state index contributed by atoms with van der Waals surface area (Å²) in [7, 11) is 0. The Morgan fingerprint density at radius 1 is 0.938 bits per heavy atom. The average Bonchev–Trinajstić information content (AvgIpc) is 2.83. The Hall–Kier alpha value is -3.19. The van der Waals surface area contributed by atoms with Gasteiger partial charge < -0.3 is 4.98 Å². The number of rotatable bonds is 6. The van der Waals surface area contributed by atoms with Crippen LogP contribution in [0, 0.1) is 0 Å². The second-order valence-electron chi connectivity index (χ2n) is 8.04. The van der Waals surface area contributed by atoms with Crippen LogP contribution in [0.15, 0.2) is 74.9 Å². The van der Waals surface area contributed by atoms with Gasteiger partial charge in [0.2, 0.25) is 0 Å². The van der Waals surface area contributed by atoms with Gasteiger partial charge in [0.15, 0.2) is 5.16 Å². The zero-order valence-electron chi connectivity index (χ0n) is 17.7. The van der Waals surface area contributed by atoms with Gasteiger partial charge in [-0.25, -0.2) is 9.97 Å². The lowest BCUT2D eigenvalue weighted by molar-refractivity contribution is 0.569. The number of nitrogens with zero attached hydrogens (tertiary/aromatic N) is 3. The second kappa shape index (κ2) is 9.12. The molecule has 0 fully saturated rings. The van der Waals surface area contributed by atoms with E-state index in [-0.39, 0.29) is 11.1 Å². The summed E-state index contributed by atoms with van der Waals surface area (Å²) in [6.45, 7) is 0.604. The van der Waals surface area contributed by atoms with Crippen LogP contribution >= 0.6 is 11.8 Å². The molecule has 162 valence electrons. The normalized spacial score (nSPS) is 14.1. The fourth-order valence-electron chi connectivity index (χ4n) is 4.18. The van der Waals surface area contributed by atoms with E-state index in [1.54, 1.807) is 10.6 Å². The number of hydrogen-bond donors (Lipinski definition) is 1. The first-order valence-electron chi connectivity index (χ1n) is 11.0. The number of allylic oxidation sites excluding steroid dienone is 2. The molecule has 0 aliphatic heterocycles. The summed E-state index contributed by atoms with van der Waals surface area (Å²) >= 11 is 1.43. The number of aromatic amines is 1. The Bertz CT molecular complexity index is 1440. The first-order chi connectivity index (χ1) is 15.7. The zero-order valence-corrected chi connectivity index (χ0v) is 18.5. The van der Waals surface area contributed by atoms with Gasteiger partial charge >= 0.3 is 0 Å². The van der Waals surface area contributed by atoms with Crippen LogP contribution in [0.4, 0.5) is 0 Å². The Morgan fingerprint density at radius 3 is 2.47 bits per heavy atom. The van der Waals surface area contributed by atoms with E-state index >= 15 is 0 Å². The van der Waals surface area contributed by atoms with Crippen LogP contribution in [-0.4, -0.2) is 19.5 Å². The molecule has 7 heteroatoms. The maximum atomic E-state index is 13.3. The van der Waals surface area contributed by atoms with Crippen LogP contribution in [-0.2, 0) is 12.3 Å². The molecule has 1 N–H and O–H groups in total. The SMILES string of the molecule is O=c1[nH]c(CSc2nc3ccccc3c(=O)n2CCC2=CCCCC2)nc2ccccc12. The zero-order chi connectivity index (χ0) is 21.9. The van der Waals surface area contributed by atoms with E-state index in [0.717, 1.165) is 19.3 Å². The molecule has 4 aromatic rings. The third-order valence-corrected chi connectivity index (χ3v) is 6.86. The van der Waals surface area contributed by atoms with Crippen molar-refractivity contribution in [3.63, 3.8) is 0 Å².